The van der Waals surface area contributed by atoms with E-state index in [0.29, 0.717) is 23.7 Å². The zero-order valence-electron chi connectivity index (χ0n) is 9.78. The van der Waals surface area contributed by atoms with Gasteiger partial charge in [-0.15, -0.1) is 0 Å². The van der Waals surface area contributed by atoms with Gasteiger partial charge in [-0.05, 0) is 53.9 Å². The van der Waals surface area contributed by atoms with Crippen LogP contribution in [0.25, 0.3) is 0 Å². The van der Waals surface area contributed by atoms with Crippen molar-refractivity contribution in [2.24, 2.45) is 0 Å². The smallest absolute Gasteiger partial charge is 0.223 e. The van der Waals surface area contributed by atoms with E-state index in [4.69, 9.17) is 4.74 Å². The van der Waals surface area contributed by atoms with Crippen molar-refractivity contribution in [2.75, 3.05) is 7.05 Å². The Morgan fingerprint density at radius 3 is 2.94 bits per heavy atom. The van der Waals surface area contributed by atoms with Crippen LogP contribution in [-0.2, 0) is 6.54 Å². The summed E-state index contributed by atoms with van der Waals surface area (Å²) in [6.45, 7) is 0.504. The van der Waals surface area contributed by atoms with Gasteiger partial charge in [-0.2, -0.15) is 0 Å². The number of nitrogens with zero attached hydrogens (tertiary/aromatic N) is 1. The second-order valence-electron chi connectivity index (χ2n) is 3.71. The maximum atomic E-state index is 13.1. The molecule has 0 aliphatic rings. The molecule has 0 atom stereocenters. The first kappa shape index (κ1) is 13.2. The Morgan fingerprint density at radius 1 is 1.39 bits per heavy atom. The van der Waals surface area contributed by atoms with Gasteiger partial charge in [0.2, 0.25) is 5.88 Å². The fourth-order valence-corrected chi connectivity index (χ4v) is 2.03. The first-order valence-electron chi connectivity index (χ1n) is 5.41. The van der Waals surface area contributed by atoms with Crippen molar-refractivity contribution in [3.8, 4) is 11.6 Å². The standard InChI is InChI=1S/C13H12FIN2O/c1-16-7-9-5-10(14)8-17-13(9)18-12-4-2-3-11(15)6-12/h2-6,8,16H,7H2,1H3. The molecule has 0 amide bonds. The summed E-state index contributed by atoms with van der Waals surface area (Å²) in [4.78, 5) is 3.98. The lowest BCUT2D eigenvalue weighted by molar-refractivity contribution is 0.449. The summed E-state index contributed by atoms with van der Waals surface area (Å²) in [5.74, 6) is 0.751. The van der Waals surface area contributed by atoms with Crippen molar-refractivity contribution in [1.29, 1.82) is 0 Å². The molecular weight excluding hydrogens is 346 g/mol. The van der Waals surface area contributed by atoms with Crippen LogP contribution in [0.4, 0.5) is 4.39 Å². The molecular formula is C13H12FIN2O. The molecule has 5 heteroatoms. The van der Waals surface area contributed by atoms with Crippen molar-refractivity contribution in [3.05, 3.63) is 51.5 Å². The van der Waals surface area contributed by atoms with Crippen LogP contribution in [0, 0.1) is 9.39 Å². The molecule has 0 aliphatic carbocycles. The maximum absolute atomic E-state index is 13.1. The highest BCUT2D eigenvalue weighted by Gasteiger charge is 2.08. The molecule has 0 bridgehead atoms. The molecule has 0 saturated heterocycles. The third-order valence-electron chi connectivity index (χ3n) is 2.27. The summed E-state index contributed by atoms with van der Waals surface area (Å²) < 4.78 is 19.9. The predicted octanol–water partition coefficient (Wildman–Crippen LogP) is 3.34. The SMILES string of the molecule is CNCc1cc(F)cnc1Oc1cccc(I)c1. The number of hydrogen-bond donors (Lipinski definition) is 1. The van der Waals surface area contributed by atoms with Crippen LogP contribution in [0.3, 0.4) is 0 Å². The van der Waals surface area contributed by atoms with Gasteiger partial charge in [-0.3, -0.25) is 0 Å². The number of ether oxygens (including phenoxy) is 1. The number of pyridine rings is 1. The first-order valence-corrected chi connectivity index (χ1v) is 6.49. The Balaban J connectivity index is 2.28. The van der Waals surface area contributed by atoms with E-state index in [0.717, 1.165) is 9.77 Å². The lowest BCUT2D eigenvalue weighted by Gasteiger charge is -2.10. The van der Waals surface area contributed by atoms with Gasteiger partial charge in [0.1, 0.15) is 11.6 Å². The van der Waals surface area contributed by atoms with Crippen molar-refractivity contribution in [2.45, 2.75) is 6.54 Å². The largest absolute Gasteiger partial charge is 0.439 e. The maximum Gasteiger partial charge on any atom is 0.223 e. The number of aromatic nitrogens is 1. The minimum Gasteiger partial charge on any atom is -0.439 e. The molecule has 1 aromatic heterocycles. The summed E-state index contributed by atoms with van der Waals surface area (Å²) in [7, 11) is 1.79. The van der Waals surface area contributed by atoms with Crippen LogP contribution in [0.15, 0.2) is 36.5 Å². The number of halogens is 2. The van der Waals surface area contributed by atoms with Gasteiger partial charge in [-0.25, -0.2) is 9.37 Å². The van der Waals surface area contributed by atoms with Gasteiger partial charge in [0.15, 0.2) is 0 Å². The Bertz CT molecular complexity index is 548. The lowest BCUT2D eigenvalue weighted by atomic mass is 10.2. The molecule has 0 spiro atoms. The molecule has 2 aromatic rings. The molecule has 0 saturated carbocycles. The van der Waals surface area contributed by atoms with Crippen LogP contribution < -0.4 is 10.1 Å². The second kappa shape index (κ2) is 6.10. The normalized spacial score (nSPS) is 10.4. The van der Waals surface area contributed by atoms with E-state index in [1.165, 1.54) is 6.07 Å². The second-order valence-corrected chi connectivity index (χ2v) is 4.95. The highest BCUT2D eigenvalue weighted by Crippen LogP contribution is 2.24. The van der Waals surface area contributed by atoms with E-state index < -0.39 is 0 Å². The molecule has 18 heavy (non-hydrogen) atoms. The van der Waals surface area contributed by atoms with Gasteiger partial charge in [0, 0.05) is 15.7 Å². The summed E-state index contributed by atoms with van der Waals surface area (Å²) in [6.07, 6.45) is 1.16. The van der Waals surface area contributed by atoms with Crippen LogP contribution >= 0.6 is 22.6 Å². The van der Waals surface area contributed by atoms with Crippen LogP contribution in [0.1, 0.15) is 5.56 Å². The molecule has 0 aliphatic heterocycles. The molecule has 0 radical (unpaired) electrons. The Hall–Kier alpha value is -1.21. The molecule has 1 heterocycles. The molecule has 3 nitrogen and oxygen atoms in total. The summed E-state index contributed by atoms with van der Waals surface area (Å²) in [5.41, 5.74) is 0.691. The Labute approximate surface area is 119 Å². The summed E-state index contributed by atoms with van der Waals surface area (Å²) >= 11 is 2.21. The van der Waals surface area contributed by atoms with Crippen molar-refractivity contribution in [1.82, 2.24) is 10.3 Å². The fourth-order valence-electron chi connectivity index (χ4n) is 1.52. The van der Waals surface area contributed by atoms with Gasteiger partial charge in [0.05, 0.1) is 6.20 Å². The van der Waals surface area contributed by atoms with Gasteiger partial charge >= 0.3 is 0 Å². The minimum atomic E-state index is -0.366. The average Bonchev–Trinajstić information content (AvgIpc) is 2.33. The monoisotopic (exact) mass is 358 g/mol. The van der Waals surface area contributed by atoms with Gasteiger partial charge < -0.3 is 10.1 Å². The fraction of sp³-hybridized carbons (Fsp3) is 0.154. The minimum absolute atomic E-state index is 0.366. The van der Waals surface area contributed by atoms with Crippen LogP contribution in [0.2, 0.25) is 0 Å². The molecule has 0 unspecified atom stereocenters. The molecule has 0 fully saturated rings. The first-order chi connectivity index (χ1) is 8.69. The quantitative estimate of drug-likeness (QED) is 0.852. The van der Waals surface area contributed by atoms with E-state index in [-0.39, 0.29) is 5.82 Å². The number of hydrogen-bond acceptors (Lipinski definition) is 3. The van der Waals surface area contributed by atoms with Gasteiger partial charge in [0.25, 0.3) is 0 Å². The molecule has 1 N–H and O–H groups in total. The molecule has 94 valence electrons. The van der Waals surface area contributed by atoms with E-state index in [2.05, 4.69) is 32.9 Å². The summed E-state index contributed by atoms with van der Waals surface area (Å²) in [5, 5.41) is 2.96. The zero-order valence-corrected chi connectivity index (χ0v) is 11.9. The molecule has 2 rings (SSSR count). The van der Waals surface area contributed by atoms with Crippen LogP contribution in [-0.4, -0.2) is 12.0 Å². The lowest BCUT2D eigenvalue weighted by Crippen LogP contribution is -2.07. The van der Waals surface area contributed by atoms with E-state index in [1.54, 1.807) is 7.05 Å². The van der Waals surface area contributed by atoms with Crippen molar-refractivity contribution < 1.29 is 9.13 Å². The van der Waals surface area contributed by atoms with Gasteiger partial charge in [-0.1, -0.05) is 6.07 Å². The van der Waals surface area contributed by atoms with E-state index in [1.807, 2.05) is 24.3 Å². The van der Waals surface area contributed by atoms with Crippen LogP contribution in [0.5, 0.6) is 11.6 Å². The Morgan fingerprint density at radius 2 is 2.22 bits per heavy atom. The third kappa shape index (κ3) is 3.39. The Kier molecular flexibility index (Phi) is 4.48. The number of nitrogens with one attached hydrogen (secondary N) is 1. The highest BCUT2D eigenvalue weighted by atomic mass is 127. The topological polar surface area (TPSA) is 34.2 Å². The number of rotatable bonds is 4. The van der Waals surface area contributed by atoms with E-state index in [9.17, 15) is 4.39 Å². The van der Waals surface area contributed by atoms with E-state index >= 15 is 0 Å². The highest BCUT2D eigenvalue weighted by molar-refractivity contribution is 14.1. The predicted molar refractivity (Wildman–Crippen MR) is 76.2 cm³/mol. The number of benzene rings is 1. The average molecular weight is 358 g/mol. The summed E-state index contributed by atoms with van der Waals surface area (Å²) in [6, 6.07) is 9.04. The molecule has 1 aromatic carbocycles. The zero-order chi connectivity index (χ0) is 13.0. The van der Waals surface area contributed by atoms with Crippen molar-refractivity contribution >= 4 is 22.6 Å². The third-order valence-corrected chi connectivity index (χ3v) is 2.94. The van der Waals surface area contributed by atoms with Crippen molar-refractivity contribution in [3.63, 3.8) is 0 Å².